The lowest BCUT2D eigenvalue weighted by molar-refractivity contribution is 0.0883. The van der Waals surface area contributed by atoms with E-state index in [9.17, 15) is 4.21 Å². The molecule has 0 aliphatic carbocycles. The third kappa shape index (κ3) is 4.13. The van der Waals surface area contributed by atoms with Gasteiger partial charge in [-0.15, -0.1) is 0 Å². The van der Waals surface area contributed by atoms with Crippen LogP contribution in [0.4, 0.5) is 0 Å². The third-order valence-electron chi connectivity index (χ3n) is 2.67. The molecule has 0 saturated carbocycles. The molecule has 1 fully saturated rings. The Kier molecular flexibility index (Phi) is 4.91. The van der Waals surface area contributed by atoms with Crippen molar-refractivity contribution in [3.05, 3.63) is 0 Å². The van der Waals surface area contributed by atoms with E-state index in [0.29, 0.717) is 0 Å². The van der Waals surface area contributed by atoms with Crippen LogP contribution in [0.1, 0.15) is 34.6 Å². The largest absolute Gasteiger partial charge is 0.296 e. The molecule has 5 heteroatoms. The topological polar surface area (TPSA) is 32.8 Å². The highest BCUT2D eigenvalue weighted by atomic mass is 32.2. The lowest BCUT2D eigenvalue weighted by Crippen LogP contribution is -2.53. The number of hydrogen-bond acceptors (Lipinski definition) is 3. The van der Waals surface area contributed by atoms with Crippen LogP contribution in [0, 0.1) is 0 Å². The monoisotopic (exact) mass is 248 g/mol. The number of piperazine rings is 1. The van der Waals surface area contributed by atoms with E-state index in [1.807, 2.05) is 18.2 Å². The van der Waals surface area contributed by atoms with Crippen LogP contribution in [0.5, 0.6) is 0 Å². The maximum Gasteiger partial charge on any atom is 0.237 e. The Bertz CT molecular complexity index is 243. The van der Waals surface area contributed by atoms with Crippen molar-refractivity contribution in [3.63, 3.8) is 0 Å². The van der Waals surface area contributed by atoms with E-state index in [2.05, 4.69) is 25.7 Å². The summed E-state index contributed by atoms with van der Waals surface area (Å²) < 4.78 is 19.0. The fourth-order valence-electron chi connectivity index (χ4n) is 1.73. The quantitative estimate of drug-likeness (QED) is 0.757. The first-order valence-corrected chi connectivity index (χ1v) is 6.93. The van der Waals surface area contributed by atoms with Gasteiger partial charge in [-0.05, 0) is 34.6 Å². The molecule has 0 aromatic heterocycles. The SMILES string of the molecule is CC(C)OS(=O)N1CCN(C(C)(C)C)CC1. The van der Waals surface area contributed by atoms with E-state index in [1.165, 1.54) is 0 Å². The zero-order chi connectivity index (χ0) is 12.3. The van der Waals surface area contributed by atoms with Gasteiger partial charge >= 0.3 is 0 Å². The van der Waals surface area contributed by atoms with Gasteiger partial charge in [-0.1, -0.05) is 0 Å². The number of hydrogen-bond donors (Lipinski definition) is 0. The molecule has 1 unspecified atom stereocenters. The maximum absolute atomic E-state index is 11.8. The van der Waals surface area contributed by atoms with E-state index in [4.69, 9.17) is 4.18 Å². The van der Waals surface area contributed by atoms with Gasteiger partial charge in [-0.2, -0.15) is 4.31 Å². The van der Waals surface area contributed by atoms with Crippen LogP contribution in [-0.2, 0) is 15.4 Å². The first-order valence-electron chi connectivity index (χ1n) is 5.89. The Balaban J connectivity index is 2.40. The van der Waals surface area contributed by atoms with Crippen molar-refractivity contribution < 1.29 is 8.39 Å². The molecule has 0 N–H and O–H groups in total. The van der Waals surface area contributed by atoms with Crippen LogP contribution in [0.25, 0.3) is 0 Å². The van der Waals surface area contributed by atoms with E-state index in [0.717, 1.165) is 26.2 Å². The number of nitrogens with zero attached hydrogens (tertiary/aromatic N) is 2. The summed E-state index contributed by atoms with van der Waals surface area (Å²) in [4.78, 5) is 2.41. The number of rotatable bonds is 3. The molecule has 1 atom stereocenters. The summed E-state index contributed by atoms with van der Waals surface area (Å²) >= 11 is -1.27. The highest BCUT2D eigenvalue weighted by Gasteiger charge is 2.28. The molecule has 0 amide bonds. The molecule has 1 saturated heterocycles. The Morgan fingerprint density at radius 1 is 1.12 bits per heavy atom. The molecule has 1 aliphatic heterocycles. The van der Waals surface area contributed by atoms with Crippen LogP contribution in [0.3, 0.4) is 0 Å². The molecular weight excluding hydrogens is 224 g/mol. The molecule has 4 nitrogen and oxygen atoms in total. The molecule has 16 heavy (non-hydrogen) atoms. The van der Waals surface area contributed by atoms with Gasteiger partial charge in [-0.25, -0.2) is 4.21 Å². The zero-order valence-electron chi connectivity index (χ0n) is 11.0. The summed E-state index contributed by atoms with van der Waals surface area (Å²) in [7, 11) is 0. The van der Waals surface area contributed by atoms with Crippen LogP contribution in [0.2, 0.25) is 0 Å². The van der Waals surface area contributed by atoms with E-state index < -0.39 is 11.3 Å². The Morgan fingerprint density at radius 2 is 1.62 bits per heavy atom. The zero-order valence-corrected chi connectivity index (χ0v) is 11.8. The van der Waals surface area contributed by atoms with Gasteiger partial charge in [0, 0.05) is 31.7 Å². The first kappa shape index (κ1) is 14.1. The van der Waals surface area contributed by atoms with Crippen molar-refractivity contribution in [3.8, 4) is 0 Å². The fourth-order valence-corrected chi connectivity index (χ4v) is 2.65. The van der Waals surface area contributed by atoms with Gasteiger partial charge < -0.3 is 0 Å². The lowest BCUT2D eigenvalue weighted by atomic mass is 10.1. The van der Waals surface area contributed by atoms with Crippen LogP contribution >= 0.6 is 0 Å². The molecular formula is C11H24N2O2S. The molecule has 1 rings (SSSR count). The van der Waals surface area contributed by atoms with Crippen molar-refractivity contribution in [2.45, 2.75) is 46.3 Å². The minimum atomic E-state index is -1.27. The Morgan fingerprint density at radius 3 is 2.00 bits per heavy atom. The molecule has 1 heterocycles. The molecule has 0 aromatic carbocycles. The van der Waals surface area contributed by atoms with E-state index in [-0.39, 0.29) is 11.6 Å². The van der Waals surface area contributed by atoms with Gasteiger partial charge in [0.25, 0.3) is 0 Å². The van der Waals surface area contributed by atoms with Crippen molar-refractivity contribution in [1.29, 1.82) is 0 Å². The van der Waals surface area contributed by atoms with Gasteiger partial charge in [-0.3, -0.25) is 9.08 Å². The standard InChI is InChI=1S/C11H24N2O2S/c1-10(2)15-16(14)13-8-6-12(7-9-13)11(3,4)5/h10H,6-9H2,1-5H3. The van der Waals surface area contributed by atoms with Crippen LogP contribution in [-0.4, -0.2) is 51.2 Å². The van der Waals surface area contributed by atoms with Crippen molar-refractivity contribution in [1.82, 2.24) is 9.21 Å². The second kappa shape index (κ2) is 5.58. The smallest absolute Gasteiger partial charge is 0.237 e. The highest BCUT2D eigenvalue weighted by Crippen LogP contribution is 2.16. The van der Waals surface area contributed by atoms with Gasteiger partial charge in [0.05, 0.1) is 6.10 Å². The van der Waals surface area contributed by atoms with Gasteiger partial charge in [0.2, 0.25) is 11.3 Å². The summed E-state index contributed by atoms with van der Waals surface area (Å²) in [5.74, 6) is 0. The Labute approximate surface area is 102 Å². The molecule has 0 bridgehead atoms. The average Bonchev–Trinajstić information content (AvgIpc) is 2.15. The first-order chi connectivity index (χ1) is 7.30. The molecule has 0 spiro atoms. The van der Waals surface area contributed by atoms with E-state index >= 15 is 0 Å². The molecule has 0 radical (unpaired) electrons. The second-order valence-corrected chi connectivity index (χ2v) is 6.59. The minimum absolute atomic E-state index is 0.0153. The highest BCUT2D eigenvalue weighted by molar-refractivity contribution is 7.77. The fraction of sp³-hybridized carbons (Fsp3) is 1.00. The van der Waals surface area contributed by atoms with E-state index in [1.54, 1.807) is 0 Å². The normalized spacial score (nSPS) is 22.6. The van der Waals surface area contributed by atoms with Crippen molar-refractivity contribution in [2.75, 3.05) is 26.2 Å². The minimum Gasteiger partial charge on any atom is -0.296 e. The summed E-state index contributed by atoms with van der Waals surface area (Å²) in [6, 6.07) is 0. The summed E-state index contributed by atoms with van der Waals surface area (Å²) in [5, 5.41) is 0. The summed E-state index contributed by atoms with van der Waals surface area (Å²) in [6.07, 6.45) is 0.0153. The Hall–Kier alpha value is 0.0300. The van der Waals surface area contributed by atoms with Crippen LogP contribution < -0.4 is 0 Å². The predicted molar refractivity (Wildman–Crippen MR) is 67.3 cm³/mol. The summed E-state index contributed by atoms with van der Waals surface area (Å²) in [6.45, 7) is 14.0. The summed E-state index contributed by atoms with van der Waals surface area (Å²) in [5.41, 5.74) is 0.201. The maximum atomic E-state index is 11.8. The van der Waals surface area contributed by atoms with Crippen molar-refractivity contribution >= 4 is 11.3 Å². The molecule has 96 valence electrons. The van der Waals surface area contributed by atoms with Gasteiger partial charge in [0.15, 0.2) is 0 Å². The van der Waals surface area contributed by atoms with Crippen LogP contribution in [0.15, 0.2) is 0 Å². The second-order valence-electron chi connectivity index (χ2n) is 5.45. The lowest BCUT2D eigenvalue weighted by Gasteiger charge is -2.41. The molecule has 1 aliphatic rings. The third-order valence-corrected chi connectivity index (χ3v) is 4.01. The predicted octanol–water partition coefficient (Wildman–Crippen LogP) is 1.41. The molecule has 0 aromatic rings. The average molecular weight is 248 g/mol. The van der Waals surface area contributed by atoms with Gasteiger partial charge in [0.1, 0.15) is 0 Å². The van der Waals surface area contributed by atoms with Crippen molar-refractivity contribution in [2.24, 2.45) is 0 Å².